The molecule has 0 atom stereocenters. The summed E-state index contributed by atoms with van der Waals surface area (Å²) in [4.78, 5) is 39.9. The predicted octanol–water partition coefficient (Wildman–Crippen LogP) is 6.43. The van der Waals surface area contributed by atoms with Crippen molar-refractivity contribution in [3.63, 3.8) is 0 Å². The Morgan fingerprint density at radius 3 is 2.39 bits per heavy atom. The molecular weight excluding hydrogens is 501 g/mol. The van der Waals surface area contributed by atoms with Gasteiger partial charge in [-0.05, 0) is 73.5 Å². The van der Waals surface area contributed by atoms with Gasteiger partial charge < -0.3 is 9.88 Å². The van der Waals surface area contributed by atoms with Gasteiger partial charge in [0.05, 0.1) is 4.91 Å². The first-order chi connectivity index (χ1) is 18.2. The summed E-state index contributed by atoms with van der Waals surface area (Å²) in [6, 6.07) is 18.0. The smallest absolute Gasteiger partial charge is 0.294 e. The number of aryl methyl sites for hydroxylation is 3. The zero-order chi connectivity index (χ0) is 27.0. The molecule has 0 spiro atoms. The molecule has 0 unspecified atom stereocenters. The second-order valence-electron chi connectivity index (χ2n) is 9.45. The van der Waals surface area contributed by atoms with Crippen molar-refractivity contribution in [3.05, 3.63) is 105 Å². The lowest BCUT2D eigenvalue weighted by Crippen LogP contribution is -2.36. The van der Waals surface area contributed by atoms with Gasteiger partial charge in [-0.2, -0.15) is 0 Å². The van der Waals surface area contributed by atoms with Crippen molar-refractivity contribution < 1.29 is 18.8 Å². The van der Waals surface area contributed by atoms with Gasteiger partial charge in [0.15, 0.2) is 0 Å². The second-order valence-corrected chi connectivity index (χ2v) is 10.4. The van der Waals surface area contributed by atoms with Gasteiger partial charge >= 0.3 is 0 Å². The third-order valence-electron chi connectivity index (χ3n) is 6.49. The zero-order valence-electron chi connectivity index (χ0n) is 21.2. The topological polar surface area (TPSA) is 71.4 Å². The van der Waals surface area contributed by atoms with Crippen molar-refractivity contribution in [1.82, 2.24) is 9.47 Å². The second kappa shape index (κ2) is 10.3. The minimum atomic E-state index is -0.497. The highest BCUT2D eigenvalue weighted by Gasteiger charge is 2.36. The Labute approximate surface area is 224 Å². The molecule has 3 amide bonds. The summed E-state index contributed by atoms with van der Waals surface area (Å²) < 4.78 is 15.4. The summed E-state index contributed by atoms with van der Waals surface area (Å²) in [6.07, 6.45) is 3.61. The number of carbonyl (C=O) groups is 3. The molecule has 0 aliphatic carbocycles. The number of aromatic nitrogens is 1. The Hall–Kier alpha value is -4.17. The first-order valence-corrected chi connectivity index (χ1v) is 13.0. The average molecular weight is 528 g/mol. The highest BCUT2D eigenvalue weighted by Crippen LogP contribution is 2.34. The van der Waals surface area contributed by atoms with E-state index in [4.69, 9.17) is 0 Å². The summed E-state index contributed by atoms with van der Waals surface area (Å²) in [6.45, 7) is 5.96. The number of rotatable bonds is 6. The summed E-state index contributed by atoms with van der Waals surface area (Å²) in [7, 11) is 0. The average Bonchev–Trinajstić information content (AvgIpc) is 3.34. The summed E-state index contributed by atoms with van der Waals surface area (Å²) >= 11 is 0.824. The number of benzene rings is 3. The SMILES string of the molecule is Cc1cc(C)c(NC(=O)CN2C(=O)S/C(=C\c3cn(Cc4ccc(F)cc4)c4ccccc34)C2=O)c(C)c1. The van der Waals surface area contributed by atoms with Gasteiger partial charge in [-0.25, -0.2) is 4.39 Å². The van der Waals surface area contributed by atoms with Crippen molar-refractivity contribution in [2.45, 2.75) is 27.3 Å². The van der Waals surface area contributed by atoms with E-state index in [0.717, 1.165) is 55.4 Å². The number of hydrogen-bond donors (Lipinski definition) is 1. The fourth-order valence-corrected chi connectivity index (χ4v) is 5.61. The number of anilines is 1. The van der Waals surface area contributed by atoms with Gasteiger partial charge in [0, 0.05) is 34.9 Å². The van der Waals surface area contributed by atoms with Crippen LogP contribution in [0.25, 0.3) is 17.0 Å². The van der Waals surface area contributed by atoms with Gasteiger partial charge in [0.1, 0.15) is 12.4 Å². The molecule has 0 radical (unpaired) electrons. The van der Waals surface area contributed by atoms with Gasteiger partial charge in [-0.15, -0.1) is 0 Å². The molecule has 1 saturated heterocycles. The molecular formula is C30H26FN3O3S. The fourth-order valence-electron chi connectivity index (χ4n) is 4.78. The molecule has 0 bridgehead atoms. The molecule has 1 N–H and O–H groups in total. The van der Waals surface area contributed by atoms with E-state index < -0.39 is 17.1 Å². The maximum absolute atomic E-state index is 13.3. The molecule has 3 aromatic carbocycles. The fraction of sp³-hybridized carbons (Fsp3) is 0.167. The van der Waals surface area contributed by atoms with Crippen LogP contribution >= 0.6 is 11.8 Å². The van der Waals surface area contributed by atoms with Crippen LogP contribution in [0.5, 0.6) is 0 Å². The van der Waals surface area contributed by atoms with Crippen molar-refractivity contribution in [1.29, 1.82) is 0 Å². The Kier molecular flexibility index (Phi) is 6.91. The zero-order valence-corrected chi connectivity index (χ0v) is 22.1. The third-order valence-corrected chi connectivity index (χ3v) is 7.40. The van der Waals surface area contributed by atoms with E-state index >= 15 is 0 Å². The molecule has 1 aliphatic rings. The van der Waals surface area contributed by atoms with E-state index in [1.165, 1.54) is 12.1 Å². The number of nitrogens with zero attached hydrogens (tertiary/aromatic N) is 2. The molecule has 38 heavy (non-hydrogen) atoms. The molecule has 5 rings (SSSR count). The quantitative estimate of drug-likeness (QED) is 0.294. The first kappa shape index (κ1) is 25.5. The van der Waals surface area contributed by atoms with Gasteiger partial charge in [0.2, 0.25) is 5.91 Å². The van der Waals surface area contributed by atoms with Crippen LogP contribution in [-0.2, 0) is 16.1 Å². The standard InChI is InChI=1S/C30H26FN3O3S/c1-18-12-19(2)28(20(3)13-18)32-27(35)17-34-29(36)26(38-30(34)37)14-22-16-33(25-7-5-4-6-24(22)25)15-21-8-10-23(31)11-9-21/h4-14,16H,15,17H2,1-3H3,(H,32,35)/b26-14-. The predicted molar refractivity (Wildman–Crippen MR) is 149 cm³/mol. The van der Waals surface area contributed by atoms with Crippen LogP contribution in [0.2, 0.25) is 0 Å². The van der Waals surface area contributed by atoms with Gasteiger partial charge in [0.25, 0.3) is 11.1 Å². The van der Waals surface area contributed by atoms with Crippen LogP contribution in [-0.4, -0.2) is 33.1 Å². The van der Waals surface area contributed by atoms with E-state index in [1.54, 1.807) is 18.2 Å². The maximum Gasteiger partial charge on any atom is 0.294 e. The molecule has 1 aliphatic heterocycles. The number of halogens is 1. The van der Waals surface area contributed by atoms with Gasteiger partial charge in [-0.1, -0.05) is 48.0 Å². The molecule has 192 valence electrons. The first-order valence-electron chi connectivity index (χ1n) is 12.1. The Balaban J connectivity index is 1.37. The maximum atomic E-state index is 13.3. The van der Waals surface area contributed by atoms with Crippen LogP contribution < -0.4 is 5.32 Å². The number of hydrogen-bond acceptors (Lipinski definition) is 4. The minimum Gasteiger partial charge on any atom is -0.342 e. The third kappa shape index (κ3) is 5.13. The van der Waals surface area contributed by atoms with E-state index in [9.17, 15) is 18.8 Å². The van der Waals surface area contributed by atoms with Crippen LogP contribution in [0.1, 0.15) is 27.8 Å². The lowest BCUT2D eigenvalue weighted by molar-refractivity contribution is -0.127. The molecule has 6 nitrogen and oxygen atoms in total. The largest absolute Gasteiger partial charge is 0.342 e. The molecule has 8 heteroatoms. The Morgan fingerprint density at radius 2 is 1.68 bits per heavy atom. The summed E-state index contributed by atoms with van der Waals surface area (Å²) in [5.41, 5.74) is 6.28. The number of nitrogens with one attached hydrogen (secondary N) is 1. The molecule has 0 saturated carbocycles. The number of amides is 3. The number of imide groups is 1. The number of para-hydroxylation sites is 1. The highest BCUT2D eigenvalue weighted by atomic mass is 32.2. The Bertz CT molecular complexity index is 1600. The molecule has 2 heterocycles. The monoisotopic (exact) mass is 527 g/mol. The number of carbonyl (C=O) groups excluding carboxylic acids is 3. The Morgan fingerprint density at radius 1 is 1.00 bits per heavy atom. The van der Waals surface area contributed by atoms with E-state index in [1.807, 2.05) is 67.9 Å². The van der Waals surface area contributed by atoms with E-state index in [0.29, 0.717) is 12.2 Å². The van der Waals surface area contributed by atoms with Crippen molar-refractivity contribution >= 4 is 51.5 Å². The number of thioether (sulfide) groups is 1. The normalized spacial score (nSPS) is 14.6. The van der Waals surface area contributed by atoms with Crippen molar-refractivity contribution in [2.75, 3.05) is 11.9 Å². The van der Waals surface area contributed by atoms with E-state index in [2.05, 4.69) is 5.32 Å². The summed E-state index contributed by atoms with van der Waals surface area (Å²) in [5, 5.41) is 3.29. The highest BCUT2D eigenvalue weighted by molar-refractivity contribution is 8.18. The lowest BCUT2D eigenvalue weighted by atomic mass is 10.1. The van der Waals surface area contributed by atoms with Crippen LogP contribution in [0.4, 0.5) is 14.9 Å². The van der Waals surface area contributed by atoms with Gasteiger partial charge in [-0.3, -0.25) is 19.3 Å². The van der Waals surface area contributed by atoms with Crippen molar-refractivity contribution in [2.24, 2.45) is 0 Å². The van der Waals surface area contributed by atoms with Crippen LogP contribution in [0.3, 0.4) is 0 Å². The van der Waals surface area contributed by atoms with Crippen molar-refractivity contribution in [3.8, 4) is 0 Å². The molecule has 1 aromatic heterocycles. The summed E-state index contributed by atoms with van der Waals surface area (Å²) in [5.74, 6) is -1.22. The van der Waals surface area contributed by atoms with E-state index in [-0.39, 0.29) is 17.3 Å². The molecule has 1 fully saturated rings. The van der Waals surface area contributed by atoms with Crippen LogP contribution in [0.15, 0.2) is 71.8 Å². The molecule has 4 aromatic rings. The van der Waals surface area contributed by atoms with Crippen LogP contribution in [0, 0.1) is 26.6 Å². The minimum absolute atomic E-state index is 0.259. The lowest BCUT2D eigenvalue weighted by Gasteiger charge is -2.15. The number of fused-ring (bicyclic) bond motifs is 1.